The van der Waals surface area contributed by atoms with Gasteiger partial charge in [-0.05, 0) is 37.8 Å². The maximum Gasteiger partial charge on any atom is 0.321 e. The van der Waals surface area contributed by atoms with Crippen LogP contribution in [-0.2, 0) is 11.2 Å². The van der Waals surface area contributed by atoms with Crippen LogP contribution in [-0.4, -0.2) is 46.1 Å². The van der Waals surface area contributed by atoms with Crippen LogP contribution in [0.5, 0.6) is 0 Å². The highest BCUT2D eigenvalue weighted by Crippen LogP contribution is 2.25. The maximum atomic E-state index is 13.4. The lowest BCUT2D eigenvalue weighted by atomic mass is 10.1. The number of nitrogens with one attached hydrogen (secondary N) is 1. The number of carbonyl (C=O) groups is 1. The van der Waals surface area contributed by atoms with Crippen LogP contribution in [0.4, 0.5) is 10.5 Å². The van der Waals surface area contributed by atoms with Crippen molar-refractivity contribution in [2.24, 2.45) is 0 Å². The lowest BCUT2D eigenvalue weighted by molar-refractivity contribution is 0.0838. The predicted octanol–water partition coefficient (Wildman–Crippen LogP) is 5.94. The molecule has 0 radical (unpaired) electrons. The van der Waals surface area contributed by atoms with Crippen LogP contribution < -0.4 is 5.32 Å². The van der Waals surface area contributed by atoms with Gasteiger partial charge in [0.05, 0.1) is 11.8 Å². The summed E-state index contributed by atoms with van der Waals surface area (Å²) in [5.41, 5.74) is 6.26. The number of hydrogen-bond acceptors (Lipinski definition) is 4. The summed E-state index contributed by atoms with van der Waals surface area (Å²) in [6.45, 7) is 6.04. The number of aromatic nitrogens is 2. The van der Waals surface area contributed by atoms with Crippen molar-refractivity contribution in [1.29, 1.82) is 0 Å². The number of benzene rings is 2. The molecule has 0 saturated carbocycles. The fourth-order valence-electron chi connectivity index (χ4n) is 4.51. The standard InChI is InChI=1S/C27H30N4O2S/c1-19-8-6-9-20(2)25(19)29-26(32)30(16-23-12-7-15-33-23)14-13-22-18-34-27-28-24(17-31(22)27)21-10-4-3-5-11-21/h3-6,8-11,17-18,23H,7,12-16H2,1-2H3,(H,29,32). The molecule has 1 unspecified atom stereocenters. The summed E-state index contributed by atoms with van der Waals surface area (Å²) < 4.78 is 8.01. The van der Waals surface area contributed by atoms with Gasteiger partial charge in [0.2, 0.25) is 0 Å². The third-order valence-electron chi connectivity index (χ3n) is 6.44. The average Bonchev–Trinajstić information content (AvgIpc) is 3.58. The molecule has 1 saturated heterocycles. The second kappa shape index (κ2) is 9.99. The van der Waals surface area contributed by atoms with Gasteiger partial charge in [-0.15, -0.1) is 11.3 Å². The molecule has 1 N–H and O–H groups in total. The van der Waals surface area contributed by atoms with E-state index >= 15 is 0 Å². The topological polar surface area (TPSA) is 58.9 Å². The van der Waals surface area contributed by atoms with Gasteiger partial charge < -0.3 is 15.0 Å². The molecule has 0 aliphatic carbocycles. The van der Waals surface area contributed by atoms with Gasteiger partial charge in [0.25, 0.3) is 0 Å². The van der Waals surface area contributed by atoms with E-state index in [1.807, 2.05) is 55.1 Å². The van der Waals surface area contributed by atoms with Crippen LogP contribution in [0.2, 0.25) is 0 Å². The number of fused-ring (bicyclic) bond motifs is 1. The molecule has 2 amide bonds. The molecule has 4 aromatic rings. The van der Waals surface area contributed by atoms with Crippen molar-refractivity contribution in [1.82, 2.24) is 14.3 Å². The average molecular weight is 475 g/mol. The lowest BCUT2D eigenvalue weighted by Crippen LogP contribution is -2.41. The third-order valence-corrected chi connectivity index (χ3v) is 7.33. The van der Waals surface area contributed by atoms with Crippen LogP contribution in [0, 0.1) is 13.8 Å². The fraction of sp³-hybridized carbons (Fsp3) is 0.333. The molecule has 1 aliphatic heterocycles. The van der Waals surface area contributed by atoms with E-state index in [1.165, 1.54) is 0 Å². The number of imidazole rings is 1. The van der Waals surface area contributed by atoms with Crippen LogP contribution in [0.1, 0.15) is 29.7 Å². The van der Waals surface area contributed by atoms with Crippen molar-refractivity contribution < 1.29 is 9.53 Å². The molecule has 34 heavy (non-hydrogen) atoms. The van der Waals surface area contributed by atoms with E-state index in [-0.39, 0.29) is 12.1 Å². The van der Waals surface area contributed by atoms with Gasteiger partial charge in [0.1, 0.15) is 0 Å². The monoisotopic (exact) mass is 474 g/mol. The normalized spacial score (nSPS) is 15.6. The van der Waals surface area contributed by atoms with Crippen molar-refractivity contribution in [2.45, 2.75) is 39.2 Å². The summed E-state index contributed by atoms with van der Waals surface area (Å²) in [5, 5.41) is 5.30. The Morgan fingerprint density at radius 2 is 1.97 bits per heavy atom. The highest BCUT2D eigenvalue weighted by molar-refractivity contribution is 7.15. The zero-order chi connectivity index (χ0) is 23.5. The number of anilines is 1. The highest BCUT2D eigenvalue weighted by atomic mass is 32.1. The molecule has 2 aromatic heterocycles. The molecular weight excluding hydrogens is 444 g/mol. The zero-order valence-electron chi connectivity index (χ0n) is 19.7. The highest BCUT2D eigenvalue weighted by Gasteiger charge is 2.24. The van der Waals surface area contributed by atoms with E-state index in [2.05, 4.69) is 33.4 Å². The number of urea groups is 1. The van der Waals surface area contributed by atoms with Crippen molar-refractivity contribution in [3.63, 3.8) is 0 Å². The molecule has 176 valence electrons. The van der Waals surface area contributed by atoms with Crippen molar-refractivity contribution in [3.8, 4) is 11.3 Å². The number of nitrogens with zero attached hydrogens (tertiary/aromatic N) is 3. The minimum absolute atomic E-state index is 0.0741. The molecule has 0 bridgehead atoms. The van der Waals surface area contributed by atoms with E-state index in [9.17, 15) is 4.79 Å². The van der Waals surface area contributed by atoms with Gasteiger partial charge >= 0.3 is 6.03 Å². The van der Waals surface area contributed by atoms with E-state index in [0.29, 0.717) is 13.1 Å². The maximum absolute atomic E-state index is 13.4. The molecule has 0 spiro atoms. The van der Waals surface area contributed by atoms with Crippen molar-refractivity contribution in [3.05, 3.63) is 76.9 Å². The first-order chi connectivity index (χ1) is 16.6. The Kier molecular flexibility index (Phi) is 6.65. The van der Waals surface area contributed by atoms with Gasteiger partial charge in [-0.2, -0.15) is 0 Å². The SMILES string of the molecule is Cc1cccc(C)c1NC(=O)N(CCc1csc2nc(-c3ccccc3)cn12)CC1CCCO1. The second-order valence-corrected chi connectivity index (χ2v) is 9.74. The quantitative estimate of drug-likeness (QED) is 0.361. The molecule has 6 nitrogen and oxygen atoms in total. The second-order valence-electron chi connectivity index (χ2n) is 8.90. The number of para-hydroxylation sites is 1. The Bertz CT molecular complexity index is 1250. The van der Waals surface area contributed by atoms with Gasteiger partial charge in [0, 0.05) is 54.6 Å². The van der Waals surface area contributed by atoms with E-state index in [0.717, 1.165) is 64.6 Å². The molecule has 2 aromatic carbocycles. The van der Waals surface area contributed by atoms with Gasteiger partial charge in [-0.3, -0.25) is 4.40 Å². The van der Waals surface area contributed by atoms with Crippen molar-refractivity contribution in [2.75, 3.05) is 25.0 Å². The first kappa shape index (κ1) is 22.6. The van der Waals surface area contributed by atoms with Crippen LogP contribution >= 0.6 is 11.3 Å². The Hall–Kier alpha value is -3.16. The first-order valence-corrected chi connectivity index (χ1v) is 12.7. The number of amides is 2. The molecule has 3 heterocycles. The zero-order valence-corrected chi connectivity index (χ0v) is 20.5. The van der Waals surface area contributed by atoms with Gasteiger partial charge in [-0.25, -0.2) is 9.78 Å². The summed E-state index contributed by atoms with van der Waals surface area (Å²) in [4.78, 5) is 21.0. The Morgan fingerprint density at radius 1 is 1.18 bits per heavy atom. The molecule has 1 fully saturated rings. The third kappa shape index (κ3) is 4.86. The Labute approximate surface area is 204 Å². The Morgan fingerprint density at radius 3 is 2.71 bits per heavy atom. The minimum atomic E-state index is -0.0741. The van der Waals surface area contributed by atoms with Crippen LogP contribution in [0.3, 0.4) is 0 Å². The minimum Gasteiger partial charge on any atom is -0.376 e. The van der Waals surface area contributed by atoms with Crippen LogP contribution in [0.15, 0.2) is 60.1 Å². The number of thiazole rings is 1. The summed E-state index contributed by atoms with van der Waals surface area (Å²) in [7, 11) is 0. The summed E-state index contributed by atoms with van der Waals surface area (Å²) >= 11 is 1.64. The first-order valence-electron chi connectivity index (χ1n) is 11.8. The molecule has 5 rings (SSSR count). The molecule has 1 atom stereocenters. The smallest absolute Gasteiger partial charge is 0.321 e. The summed E-state index contributed by atoms with van der Waals surface area (Å²) in [6, 6.07) is 16.2. The number of aryl methyl sites for hydroxylation is 2. The number of hydrogen-bond donors (Lipinski definition) is 1. The number of carbonyl (C=O) groups excluding carboxylic acids is 1. The lowest BCUT2D eigenvalue weighted by Gasteiger charge is -2.26. The molecule has 1 aliphatic rings. The molecular formula is C27H30N4O2S. The summed E-state index contributed by atoms with van der Waals surface area (Å²) in [6.07, 6.45) is 5.00. The van der Waals surface area contributed by atoms with E-state index in [1.54, 1.807) is 11.3 Å². The fourth-order valence-corrected chi connectivity index (χ4v) is 5.42. The molecule has 7 heteroatoms. The largest absolute Gasteiger partial charge is 0.376 e. The van der Waals surface area contributed by atoms with E-state index < -0.39 is 0 Å². The van der Waals surface area contributed by atoms with Gasteiger partial charge in [0.15, 0.2) is 4.96 Å². The van der Waals surface area contributed by atoms with Gasteiger partial charge in [-0.1, -0.05) is 48.5 Å². The summed E-state index contributed by atoms with van der Waals surface area (Å²) in [5.74, 6) is 0. The Balaban J connectivity index is 1.33. The van der Waals surface area contributed by atoms with Crippen molar-refractivity contribution >= 4 is 28.0 Å². The predicted molar refractivity (Wildman–Crippen MR) is 138 cm³/mol. The van der Waals surface area contributed by atoms with E-state index in [4.69, 9.17) is 9.72 Å². The van der Waals surface area contributed by atoms with Crippen LogP contribution in [0.25, 0.3) is 16.2 Å². The number of rotatable bonds is 7. The number of ether oxygens (including phenoxy) is 1.